The number of benzene rings is 2. The molecule has 2 aromatic carbocycles. The number of nitriles is 1. The molecule has 152 valence electrons. The van der Waals surface area contributed by atoms with E-state index in [9.17, 15) is 10.1 Å². The number of carbonyl (C=O) groups is 1. The average molecular weight is 393 g/mol. The first-order chi connectivity index (χ1) is 13.8. The molecule has 0 spiro atoms. The second-order valence-electron chi connectivity index (χ2n) is 7.96. The number of anilines is 1. The van der Waals surface area contributed by atoms with Gasteiger partial charge in [0.05, 0.1) is 27.2 Å². The summed E-state index contributed by atoms with van der Waals surface area (Å²) in [6.45, 7) is 3.11. The summed E-state index contributed by atoms with van der Waals surface area (Å²) in [4.78, 5) is 12.1. The van der Waals surface area contributed by atoms with Crippen LogP contribution in [0.2, 0.25) is 0 Å². The van der Waals surface area contributed by atoms with Gasteiger partial charge in [-0.2, -0.15) is 5.26 Å². The topological polar surface area (TPSA) is 62.1 Å². The highest BCUT2D eigenvalue weighted by Gasteiger charge is 2.14. The van der Waals surface area contributed by atoms with E-state index < -0.39 is 5.97 Å². The van der Waals surface area contributed by atoms with E-state index in [0.717, 1.165) is 17.7 Å². The van der Waals surface area contributed by atoms with Crippen molar-refractivity contribution in [3.8, 4) is 6.07 Å². The number of carbonyl (C=O) groups excluding carboxylic acids is 1. The normalized spacial score (nSPS) is 12.7. The van der Waals surface area contributed by atoms with Gasteiger partial charge in [0.15, 0.2) is 0 Å². The van der Waals surface area contributed by atoms with Gasteiger partial charge in [-0.15, -0.1) is 0 Å². The lowest BCUT2D eigenvalue weighted by molar-refractivity contribution is -0.870. The van der Waals surface area contributed by atoms with Crippen molar-refractivity contribution in [3.63, 3.8) is 0 Å². The zero-order valence-corrected chi connectivity index (χ0v) is 17.7. The maximum atomic E-state index is 12.1. The zero-order chi connectivity index (χ0) is 21.3. The van der Waals surface area contributed by atoms with Crippen LogP contribution in [0.25, 0.3) is 6.08 Å². The van der Waals surface area contributed by atoms with E-state index in [-0.39, 0.29) is 18.2 Å². The highest BCUT2D eigenvalue weighted by molar-refractivity contribution is 5.97. The SMILES string of the molecule is CCC(Nc1ccc(C=C(C#N)C(=O)OCC[N+](C)(C)C)cc1)c1ccccc1. The summed E-state index contributed by atoms with van der Waals surface area (Å²) in [5, 5.41) is 12.8. The van der Waals surface area contributed by atoms with Crippen molar-refractivity contribution in [2.75, 3.05) is 39.6 Å². The van der Waals surface area contributed by atoms with Gasteiger partial charge >= 0.3 is 5.97 Å². The predicted molar refractivity (Wildman–Crippen MR) is 117 cm³/mol. The summed E-state index contributed by atoms with van der Waals surface area (Å²) in [5.74, 6) is -0.585. The molecule has 0 aliphatic carbocycles. The van der Waals surface area contributed by atoms with E-state index in [2.05, 4.69) is 24.4 Å². The fourth-order valence-electron chi connectivity index (χ4n) is 2.78. The molecule has 0 fully saturated rings. The minimum Gasteiger partial charge on any atom is -0.456 e. The van der Waals surface area contributed by atoms with Gasteiger partial charge in [0.1, 0.15) is 24.8 Å². The maximum Gasteiger partial charge on any atom is 0.349 e. The van der Waals surface area contributed by atoms with Crippen LogP contribution in [-0.2, 0) is 9.53 Å². The summed E-state index contributed by atoms with van der Waals surface area (Å²) >= 11 is 0. The van der Waals surface area contributed by atoms with Crippen LogP contribution < -0.4 is 5.32 Å². The maximum absolute atomic E-state index is 12.1. The lowest BCUT2D eigenvalue weighted by atomic mass is 10.0. The Bertz CT molecular complexity index is 860. The molecule has 0 radical (unpaired) electrons. The molecule has 5 heteroatoms. The Morgan fingerprint density at radius 1 is 1.14 bits per heavy atom. The molecule has 0 heterocycles. The molecule has 0 amide bonds. The van der Waals surface area contributed by atoms with Crippen molar-refractivity contribution in [2.45, 2.75) is 19.4 Å². The van der Waals surface area contributed by atoms with Crippen LogP contribution >= 0.6 is 0 Å². The molecule has 29 heavy (non-hydrogen) atoms. The van der Waals surface area contributed by atoms with E-state index in [1.54, 1.807) is 6.08 Å². The molecule has 2 aromatic rings. The number of quaternary nitrogens is 1. The molecule has 1 atom stereocenters. The Kier molecular flexibility index (Phi) is 7.99. The molecule has 1 unspecified atom stereocenters. The quantitative estimate of drug-likeness (QED) is 0.297. The number of nitrogens with zero attached hydrogens (tertiary/aromatic N) is 2. The van der Waals surface area contributed by atoms with Gasteiger partial charge in [-0.1, -0.05) is 49.4 Å². The Hall–Kier alpha value is -3.10. The summed E-state index contributed by atoms with van der Waals surface area (Å²) in [6, 6.07) is 20.2. The molecule has 0 saturated carbocycles. The van der Waals surface area contributed by atoms with Gasteiger partial charge in [-0.05, 0) is 35.8 Å². The summed E-state index contributed by atoms with van der Waals surface area (Å²) in [6.07, 6.45) is 2.52. The van der Waals surface area contributed by atoms with Crippen LogP contribution in [0.3, 0.4) is 0 Å². The van der Waals surface area contributed by atoms with Gasteiger partial charge < -0.3 is 14.5 Å². The minimum atomic E-state index is -0.585. The molecule has 0 aliphatic rings. The second kappa shape index (κ2) is 10.4. The summed E-state index contributed by atoms with van der Waals surface area (Å²) in [7, 11) is 6.06. The number of rotatable bonds is 9. The fraction of sp³-hybridized carbons (Fsp3) is 0.333. The van der Waals surface area contributed by atoms with Crippen LogP contribution in [0.4, 0.5) is 5.69 Å². The third-order valence-corrected chi connectivity index (χ3v) is 4.51. The predicted octanol–water partition coefficient (Wildman–Crippen LogP) is 4.41. The lowest BCUT2D eigenvalue weighted by Crippen LogP contribution is -2.38. The zero-order valence-electron chi connectivity index (χ0n) is 17.7. The van der Waals surface area contributed by atoms with Gasteiger partial charge in [0.2, 0.25) is 0 Å². The number of esters is 1. The van der Waals surface area contributed by atoms with Crippen LogP contribution in [0, 0.1) is 11.3 Å². The van der Waals surface area contributed by atoms with Crippen molar-refractivity contribution in [1.29, 1.82) is 5.26 Å². The van der Waals surface area contributed by atoms with E-state index in [1.807, 2.05) is 69.7 Å². The van der Waals surface area contributed by atoms with Gasteiger partial charge in [-0.3, -0.25) is 0 Å². The lowest BCUT2D eigenvalue weighted by Gasteiger charge is -2.23. The standard InChI is InChI=1S/C24H29N3O2/c1-5-23(20-9-7-6-8-10-20)26-22-13-11-19(12-14-22)17-21(18-25)24(28)29-16-15-27(2,3)4/h6-14,17,23H,5,15-16H2,1-4H3/p+1. The average Bonchev–Trinajstić information content (AvgIpc) is 2.70. The van der Waals surface area contributed by atoms with Crippen LogP contribution in [0.15, 0.2) is 60.2 Å². The van der Waals surface area contributed by atoms with E-state index >= 15 is 0 Å². The number of hydrogen-bond acceptors (Lipinski definition) is 4. The largest absolute Gasteiger partial charge is 0.456 e. The Labute approximate surface area is 173 Å². The Morgan fingerprint density at radius 3 is 2.34 bits per heavy atom. The monoisotopic (exact) mass is 392 g/mol. The molecule has 0 bridgehead atoms. The Morgan fingerprint density at radius 2 is 1.79 bits per heavy atom. The van der Waals surface area contributed by atoms with Crippen LogP contribution in [0.5, 0.6) is 0 Å². The van der Waals surface area contributed by atoms with E-state index in [0.29, 0.717) is 11.0 Å². The van der Waals surface area contributed by atoms with Crippen molar-refractivity contribution in [1.82, 2.24) is 0 Å². The molecule has 1 N–H and O–H groups in total. The Balaban J connectivity index is 2.02. The molecule has 0 aliphatic heterocycles. The molecular formula is C24H30N3O2+. The molecule has 2 rings (SSSR count). The molecular weight excluding hydrogens is 362 g/mol. The van der Waals surface area contributed by atoms with E-state index in [4.69, 9.17) is 4.74 Å². The fourth-order valence-corrected chi connectivity index (χ4v) is 2.78. The van der Waals surface area contributed by atoms with Gasteiger partial charge in [-0.25, -0.2) is 4.79 Å². The first kappa shape index (κ1) is 22.2. The number of hydrogen-bond donors (Lipinski definition) is 1. The van der Waals surface area contributed by atoms with Gasteiger partial charge in [0, 0.05) is 5.69 Å². The minimum absolute atomic E-state index is 0.00263. The van der Waals surface area contributed by atoms with Crippen LogP contribution in [-0.4, -0.2) is 44.7 Å². The summed E-state index contributed by atoms with van der Waals surface area (Å²) in [5.41, 5.74) is 3.01. The van der Waals surface area contributed by atoms with Crippen molar-refractivity contribution in [2.24, 2.45) is 0 Å². The van der Waals surface area contributed by atoms with Crippen LogP contribution in [0.1, 0.15) is 30.5 Å². The van der Waals surface area contributed by atoms with Crippen molar-refractivity contribution < 1.29 is 14.0 Å². The molecule has 5 nitrogen and oxygen atoms in total. The third-order valence-electron chi connectivity index (χ3n) is 4.51. The number of ether oxygens (including phenoxy) is 1. The molecule has 0 saturated heterocycles. The van der Waals surface area contributed by atoms with E-state index in [1.165, 1.54) is 5.56 Å². The van der Waals surface area contributed by atoms with Crippen molar-refractivity contribution >= 4 is 17.7 Å². The number of nitrogens with one attached hydrogen (secondary N) is 1. The first-order valence-corrected chi connectivity index (χ1v) is 9.83. The highest BCUT2D eigenvalue weighted by Crippen LogP contribution is 2.23. The van der Waals surface area contributed by atoms with Gasteiger partial charge in [0.25, 0.3) is 0 Å². The molecule has 0 aromatic heterocycles. The highest BCUT2D eigenvalue weighted by atomic mass is 16.5. The van der Waals surface area contributed by atoms with Crippen molar-refractivity contribution in [3.05, 3.63) is 71.3 Å². The number of likely N-dealkylation sites (N-methyl/N-ethyl adjacent to an activating group) is 1. The first-order valence-electron chi connectivity index (χ1n) is 9.83. The smallest absolute Gasteiger partial charge is 0.349 e. The second-order valence-corrected chi connectivity index (χ2v) is 7.96. The third kappa shape index (κ3) is 7.44. The summed E-state index contributed by atoms with van der Waals surface area (Å²) < 4.78 is 5.92.